The van der Waals surface area contributed by atoms with Gasteiger partial charge in [0.1, 0.15) is 52.5 Å². The van der Waals surface area contributed by atoms with Crippen LogP contribution in [0.25, 0.3) is 0 Å². The Balaban J connectivity index is 1.41. The van der Waals surface area contributed by atoms with Crippen LogP contribution >= 0.6 is 0 Å². The lowest BCUT2D eigenvalue weighted by molar-refractivity contribution is 0.0196. The summed E-state index contributed by atoms with van der Waals surface area (Å²) in [4.78, 5) is 0. The van der Waals surface area contributed by atoms with Crippen LogP contribution in [0.5, 0.6) is 40.2 Å². The van der Waals surface area contributed by atoms with Gasteiger partial charge in [-0.2, -0.15) is 0 Å². The number of benzene rings is 4. The minimum atomic E-state index is -0.973. The fourth-order valence-corrected chi connectivity index (χ4v) is 5.44. The molecule has 0 fully saturated rings. The number of aliphatic hydroxyl groups is 1. The molecule has 8 heteroatoms. The zero-order valence-electron chi connectivity index (χ0n) is 20.2. The molecule has 0 saturated carbocycles. The first-order valence-electron chi connectivity index (χ1n) is 12.3. The van der Waals surface area contributed by atoms with E-state index in [4.69, 9.17) is 9.47 Å². The number of ether oxygens (including phenoxy) is 2. The molecule has 0 saturated heterocycles. The van der Waals surface area contributed by atoms with E-state index in [2.05, 4.69) is 0 Å². The lowest BCUT2D eigenvalue weighted by Crippen LogP contribution is -2.30. The molecular formula is C30H26O8. The van der Waals surface area contributed by atoms with Crippen LogP contribution in [0.4, 0.5) is 0 Å². The van der Waals surface area contributed by atoms with E-state index in [0.717, 1.165) is 5.56 Å². The monoisotopic (exact) mass is 514 g/mol. The molecular weight excluding hydrogens is 488 g/mol. The summed E-state index contributed by atoms with van der Waals surface area (Å²) in [6.07, 6.45) is -1.74. The second-order valence-corrected chi connectivity index (χ2v) is 9.74. The molecule has 4 aromatic rings. The van der Waals surface area contributed by atoms with Crippen molar-refractivity contribution >= 4 is 0 Å². The molecule has 194 valence electrons. The topological polar surface area (TPSA) is 140 Å². The number of phenolic OH excluding ortho intramolecular Hbond substituents is 5. The summed E-state index contributed by atoms with van der Waals surface area (Å²) in [5.41, 5.74) is 2.78. The summed E-state index contributed by atoms with van der Waals surface area (Å²) < 4.78 is 12.2. The molecule has 8 nitrogen and oxygen atoms in total. The third kappa shape index (κ3) is 4.09. The molecule has 0 spiro atoms. The molecule has 4 aromatic carbocycles. The Labute approximate surface area is 218 Å². The van der Waals surface area contributed by atoms with E-state index >= 15 is 0 Å². The highest BCUT2D eigenvalue weighted by atomic mass is 16.5. The average Bonchev–Trinajstić information content (AvgIpc) is 2.89. The zero-order chi connectivity index (χ0) is 26.6. The van der Waals surface area contributed by atoms with E-state index in [1.54, 1.807) is 42.5 Å². The number of fused-ring (bicyclic) bond motifs is 2. The molecule has 0 bridgehead atoms. The Morgan fingerprint density at radius 1 is 0.658 bits per heavy atom. The maximum Gasteiger partial charge on any atom is 0.150 e. The predicted molar refractivity (Wildman–Crippen MR) is 137 cm³/mol. The Kier molecular flexibility index (Phi) is 5.69. The zero-order valence-corrected chi connectivity index (χ0v) is 20.2. The highest BCUT2D eigenvalue weighted by Gasteiger charge is 2.38. The molecule has 0 radical (unpaired) electrons. The van der Waals surface area contributed by atoms with Crippen LogP contribution in [-0.2, 0) is 6.42 Å². The molecule has 2 aliphatic rings. The summed E-state index contributed by atoms with van der Waals surface area (Å²) in [7, 11) is 0. The third-order valence-electron chi connectivity index (χ3n) is 7.33. The van der Waals surface area contributed by atoms with Gasteiger partial charge in [-0.05, 0) is 47.9 Å². The van der Waals surface area contributed by atoms with Crippen molar-refractivity contribution in [2.24, 2.45) is 0 Å². The van der Waals surface area contributed by atoms with E-state index in [9.17, 15) is 30.6 Å². The SMILES string of the molecule is Oc1ccc([C@@H]2C[C@@H](c3c(O)cc4c(c3O)C[C@@H](O)[C@@H](c3ccc(O)cc3)O4)c3ccc(O)cc3O2)cc1. The molecule has 4 atom stereocenters. The van der Waals surface area contributed by atoms with E-state index in [-0.39, 0.29) is 46.5 Å². The van der Waals surface area contributed by atoms with Crippen molar-refractivity contribution in [3.05, 3.63) is 101 Å². The van der Waals surface area contributed by atoms with Crippen LogP contribution < -0.4 is 9.47 Å². The molecule has 6 N–H and O–H groups in total. The molecule has 2 heterocycles. The van der Waals surface area contributed by atoms with Crippen molar-refractivity contribution < 1.29 is 40.1 Å². The second-order valence-electron chi connectivity index (χ2n) is 9.74. The molecule has 6 rings (SSSR count). The molecule has 0 aliphatic carbocycles. The van der Waals surface area contributed by atoms with Crippen LogP contribution in [0.2, 0.25) is 0 Å². The standard InChI is InChI=1S/C30H26O8/c31-17-5-1-15(2-6-17)25-13-21(20-10-9-19(33)11-26(20)37-25)28-23(34)14-27-22(29(28)36)12-24(35)30(38-27)16-3-7-18(32)8-4-16/h1-11,14,21,24-25,30-36H,12-13H2/t21-,24-,25+,30-/m1/s1. The van der Waals surface area contributed by atoms with Crippen LogP contribution in [0.1, 0.15) is 52.4 Å². The quantitative estimate of drug-likeness (QED) is 0.227. The van der Waals surface area contributed by atoms with Gasteiger partial charge >= 0.3 is 0 Å². The van der Waals surface area contributed by atoms with Crippen LogP contribution in [0.3, 0.4) is 0 Å². The summed E-state index contributed by atoms with van der Waals surface area (Å²) >= 11 is 0. The molecule has 38 heavy (non-hydrogen) atoms. The molecule has 0 amide bonds. The number of hydrogen-bond donors (Lipinski definition) is 6. The van der Waals surface area contributed by atoms with Crippen molar-refractivity contribution in [2.75, 3.05) is 0 Å². The van der Waals surface area contributed by atoms with Gasteiger partial charge in [-0.15, -0.1) is 0 Å². The number of phenols is 5. The minimum absolute atomic E-state index is 0.0181. The second kappa shape index (κ2) is 9.08. The van der Waals surface area contributed by atoms with Gasteiger partial charge in [-0.25, -0.2) is 0 Å². The normalized spacial score (nSPS) is 22.0. The van der Waals surface area contributed by atoms with Crippen molar-refractivity contribution in [2.45, 2.75) is 37.1 Å². The average molecular weight is 515 g/mol. The Bertz CT molecular complexity index is 1500. The maximum atomic E-state index is 11.4. The smallest absolute Gasteiger partial charge is 0.150 e. The number of rotatable bonds is 3. The molecule has 2 aliphatic heterocycles. The number of hydrogen-bond acceptors (Lipinski definition) is 8. The van der Waals surface area contributed by atoms with Gasteiger partial charge < -0.3 is 40.1 Å². The molecule has 0 aromatic heterocycles. The number of aromatic hydroxyl groups is 5. The van der Waals surface area contributed by atoms with Gasteiger partial charge in [0.05, 0.1) is 6.10 Å². The number of aliphatic hydroxyl groups excluding tert-OH is 1. The van der Waals surface area contributed by atoms with Gasteiger partial charge in [0.15, 0.2) is 0 Å². The van der Waals surface area contributed by atoms with Crippen molar-refractivity contribution in [1.29, 1.82) is 0 Å². The van der Waals surface area contributed by atoms with Crippen molar-refractivity contribution in [1.82, 2.24) is 0 Å². The highest BCUT2D eigenvalue weighted by molar-refractivity contribution is 5.62. The van der Waals surface area contributed by atoms with E-state index < -0.39 is 24.2 Å². The largest absolute Gasteiger partial charge is 0.508 e. The van der Waals surface area contributed by atoms with E-state index in [1.807, 2.05) is 0 Å². The van der Waals surface area contributed by atoms with Gasteiger partial charge in [0, 0.05) is 41.2 Å². The van der Waals surface area contributed by atoms with Gasteiger partial charge in [-0.3, -0.25) is 0 Å². The fourth-order valence-electron chi connectivity index (χ4n) is 5.44. The summed E-state index contributed by atoms with van der Waals surface area (Å²) in [5, 5.41) is 62.9. The first kappa shape index (κ1) is 23.8. The maximum absolute atomic E-state index is 11.4. The lowest BCUT2D eigenvalue weighted by atomic mass is 9.80. The third-order valence-corrected chi connectivity index (χ3v) is 7.33. The first-order valence-corrected chi connectivity index (χ1v) is 12.3. The first-order chi connectivity index (χ1) is 18.3. The Hall–Kier alpha value is -4.56. The lowest BCUT2D eigenvalue weighted by Gasteiger charge is -2.35. The summed E-state index contributed by atoms with van der Waals surface area (Å²) in [5.74, 6) is 0.0686. The predicted octanol–water partition coefficient (Wildman–Crippen LogP) is 4.91. The van der Waals surface area contributed by atoms with Gasteiger partial charge in [0.2, 0.25) is 0 Å². The van der Waals surface area contributed by atoms with Gasteiger partial charge in [0.25, 0.3) is 0 Å². The van der Waals surface area contributed by atoms with Crippen LogP contribution in [-0.4, -0.2) is 36.7 Å². The van der Waals surface area contributed by atoms with E-state index in [0.29, 0.717) is 28.9 Å². The van der Waals surface area contributed by atoms with Crippen molar-refractivity contribution in [3.8, 4) is 40.2 Å². The Morgan fingerprint density at radius 2 is 1.29 bits per heavy atom. The van der Waals surface area contributed by atoms with E-state index in [1.165, 1.54) is 30.3 Å². The van der Waals surface area contributed by atoms with Gasteiger partial charge in [-0.1, -0.05) is 30.3 Å². The summed E-state index contributed by atoms with van der Waals surface area (Å²) in [6.45, 7) is 0. The minimum Gasteiger partial charge on any atom is -0.508 e. The Morgan fingerprint density at radius 3 is 1.97 bits per heavy atom. The fraction of sp³-hybridized carbons (Fsp3) is 0.200. The summed E-state index contributed by atoms with van der Waals surface area (Å²) in [6, 6.07) is 19.1. The highest BCUT2D eigenvalue weighted by Crippen LogP contribution is 2.54. The van der Waals surface area contributed by atoms with Crippen molar-refractivity contribution in [3.63, 3.8) is 0 Å². The van der Waals surface area contributed by atoms with Crippen LogP contribution in [0, 0.1) is 0 Å². The molecule has 0 unspecified atom stereocenters. The van der Waals surface area contributed by atoms with Crippen LogP contribution in [0.15, 0.2) is 72.8 Å².